The number of amides is 3. The molecule has 1 spiro atoms. The number of fused-ring (bicyclic) bond motifs is 2. The fraction of sp³-hybridized carbons (Fsp3) is 0.393. The fourth-order valence-electron chi connectivity index (χ4n) is 6.14. The van der Waals surface area contributed by atoms with E-state index >= 15 is 0 Å². The first-order valence-electron chi connectivity index (χ1n) is 13.2. The van der Waals surface area contributed by atoms with E-state index in [1.54, 1.807) is 26.8 Å². The van der Waals surface area contributed by atoms with Crippen LogP contribution >= 0.6 is 22.9 Å². The molecule has 1 aliphatic carbocycles. The number of hydrogen-bond donors (Lipinski definition) is 1. The van der Waals surface area contributed by atoms with Crippen LogP contribution in [-0.2, 0) is 10.2 Å². The first-order valence-corrected chi connectivity index (χ1v) is 14.5. The second kappa shape index (κ2) is 10.7. The number of pyridine rings is 1. The number of nitrogens with zero attached hydrogens (tertiary/aromatic N) is 4. The van der Waals surface area contributed by atoms with Gasteiger partial charge in [0.05, 0.1) is 16.1 Å². The highest BCUT2D eigenvalue weighted by molar-refractivity contribution is 7.07. The maximum Gasteiger partial charge on any atom is 0.281 e. The van der Waals surface area contributed by atoms with Crippen LogP contribution in [0.4, 0.5) is 18.9 Å². The number of alkyl halides is 2. The zero-order valence-corrected chi connectivity index (χ0v) is 23.2. The highest BCUT2D eigenvalue weighted by Gasteiger charge is 2.59. The topological polar surface area (TPSA) is 95.5 Å². The molecular formula is C28H25ClF3N5O3S. The van der Waals surface area contributed by atoms with Crippen molar-refractivity contribution in [1.29, 1.82) is 0 Å². The Morgan fingerprint density at radius 3 is 2.59 bits per heavy atom. The summed E-state index contributed by atoms with van der Waals surface area (Å²) in [7, 11) is 0. The zero-order valence-electron chi connectivity index (χ0n) is 21.7. The van der Waals surface area contributed by atoms with Gasteiger partial charge in [-0.1, -0.05) is 11.6 Å². The van der Waals surface area contributed by atoms with E-state index in [-0.39, 0.29) is 47.4 Å². The molecule has 41 heavy (non-hydrogen) atoms. The molecule has 3 amide bonds. The Bertz CT molecular complexity index is 1510. The number of halogens is 4. The van der Waals surface area contributed by atoms with Gasteiger partial charge in [0.2, 0.25) is 5.91 Å². The van der Waals surface area contributed by atoms with Crippen LogP contribution < -0.4 is 10.2 Å². The van der Waals surface area contributed by atoms with E-state index < -0.39 is 29.3 Å². The molecule has 1 saturated heterocycles. The number of thiazole rings is 1. The average Bonchev–Trinajstić information content (AvgIpc) is 3.54. The van der Waals surface area contributed by atoms with Crippen LogP contribution in [0, 0.1) is 11.7 Å². The van der Waals surface area contributed by atoms with Crippen molar-refractivity contribution in [1.82, 2.24) is 20.2 Å². The number of likely N-dealkylation sites (tertiary alicyclic amines) is 1. The number of anilines is 1. The van der Waals surface area contributed by atoms with Gasteiger partial charge < -0.3 is 15.1 Å². The van der Waals surface area contributed by atoms with Crippen LogP contribution in [0.15, 0.2) is 41.4 Å². The molecule has 2 aromatic heterocycles. The molecule has 6 rings (SSSR count). The molecule has 0 bridgehead atoms. The van der Waals surface area contributed by atoms with Crippen molar-refractivity contribution < 1.29 is 27.6 Å². The second-order valence-corrected chi connectivity index (χ2v) is 11.9. The highest BCUT2D eigenvalue weighted by atomic mass is 35.5. The van der Waals surface area contributed by atoms with Gasteiger partial charge in [-0.15, -0.1) is 11.3 Å². The number of hydrogen-bond acceptors (Lipinski definition) is 6. The summed E-state index contributed by atoms with van der Waals surface area (Å²) in [6.07, 6.45) is 0.780. The first kappa shape index (κ1) is 27.6. The molecule has 8 nitrogen and oxygen atoms in total. The Kier molecular flexibility index (Phi) is 7.23. The predicted octanol–water partition coefficient (Wildman–Crippen LogP) is 5.00. The molecule has 214 valence electrons. The zero-order chi connectivity index (χ0) is 28.9. The third-order valence-electron chi connectivity index (χ3n) is 8.24. The third kappa shape index (κ3) is 4.97. The number of aromatic nitrogens is 2. The fourth-order valence-corrected chi connectivity index (χ4v) is 6.83. The van der Waals surface area contributed by atoms with Crippen LogP contribution in [0.5, 0.6) is 0 Å². The van der Waals surface area contributed by atoms with E-state index in [1.807, 2.05) is 0 Å². The molecule has 0 unspecified atom stereocenters. The Hall–Kier alpha value is -3.51. The molecule has 2 fully saturated rings. The van der Waals surface area contributed by atoms with Gasteiger partial charge in [-0.2, -0.15) is 0 Å². The minimum Gasteiger partial charge on any atom is -0.349 e. The maximum atomic E-state index is 14.3. The summed E-state index contributed by atoms with van der Waals surface area (Å²) in [4.78, 5) is 50.3. The normalized spacial score (nSPS) is 21.2. The van der Waals surface area contributed by atoms with Gasteiger partial charge in [-0.25, -0.2) is 18.2 Å². The summed E-state index contributed by atoms with van der Waals surface area (Å²) in [5.41, 5.74) is 1.31. The molecule has 0 radical (unpaired) electrons. The maximum absolute atomic E-state index is 14.3. The van der Waals surface area contributed by atoms with Crippen molar-refractivity contribution in [2.45, 2.75) is 43.6 Å². The molecule has 1 aromatic carbocycles. The minimum absolute atomic E-state index is 0.0959. The Labute approximate surface area is 242 Å². The SMILES string of the molecule is O=C(N[C@H]1CC[C@H](CN2C(=O)C3(CN(C(=O)c4cscn4)C3)c3cc(F)ccc32)CC1)c1cc(Cl)cnc1C(F)F. The van der Waals surface area contributed by atoms with Crippen molar-refractivity contribution >= 4 is 46.3 Å². The van der Waals surface area contributed by atoms with Crippen LogP contribution in [0.25, 0.3) is 0 Å². The number of benzene rings is 1. The molecule has 1 saturated carbocycles. The van der Waals surface area contributed by atoms with Gasteiger partial charge in [0.25, 0.3) is 18.2 Å². The van der Waals surface area contributed by atoms with E-state index in [9.17, 15) is 27.6 Å². The van der Waals surface area contributed by atoms with Crippen LogP contribution in [0.3, 0.4) is 0 Å². The second-order valence-electron chi connectivity index (χ2n) is 10.8. The van der Waals surface area contributed by atoms with Crippen LogP contribution in [-0.4, -0.2) is 58.3 Å². The van der Waals surface area contributed by atoms with Gasteiger partial charge in [0.1, 0.15) is 22.6 Å². The minimum atomic E-state index is -2.91. The quantitative estimate of drug-likeness (QED) is 0.428. The van der Waals surface area contributed by atoms with Gasteiger partial charge in [-0.3, -0.25) is 19.4 Å². The van der Waals surface area contributed by atoms with E-state index in [0.29, 0.717) is 49.2 Å². The van der Waals surface area contributed by atoms with Crippen molar-refractivity contribution in [2.75, 3.05) is 24.5 Å². The molecule has 3 aliphatic rings. The number of carbonyl (C=O) groups excluding carboxylic acids is 3. The lowest BCUT2D eigenvalue weighted by molar-refractivity contribution is -0.128. The van der Waals surface area contributed by atoms with Gasteiger partial charge >= 0.3 is 0 Å². The van der Waals surface area contributed by atoms with Crippen LogP contribution in [0.1, 0.15) is 64.2 Å². The van der Waals surface area contributed by atoms with E-state index in [4.69, 9.17) is 11.6 Å². The van der Waals surface area contributed by atoms with Gasteiger partial charge in [0.15, 0.2) is 0 Å². The summed E-state index contributed by atoms with van der Waals surface area (Å²) >= 11 is 7.20. The molecule has 13 heteroatoms. The molecule has 4 heterocycles. The van der Waals surface area contributed by atoms with Crippen molar-refractivity contribution in [2.24, 2.45) is 5.92 Å². The number of carbonyl (C=O) groups is 3. The summed E-state index contributed by atoms with van der Waals surface area (Å²) in [5, 5.41) is 4.58. The first-order chi connectivity index (χ1) is 19.7. The lowest BCUT2D eigenvalue weighted by Gasteiger charge is -2.46. The molecule has 1 N–H and O–H groups in total. The summed E-state index contributed by atoms with van der Waals surface area (Å²) in [6.45, 7) is 0.743. The lowest BCUT2D eigenvalue weighted by atomic mass is 9.74. The monoisotopic (exact) mass is 603 g/mol. The lowest BCUT2D eigenvalue weighted by Crippen LogP contribution is -2.65. The third-order valence-corrected chi connectivity index (χ3v) is 9.03. The number of rotatable bonds is 6. The van der Waals surface area contributed by atoms with E-state index in [0.717, 1.165) is 6.20 Å². The summed E-state index contributed by atoms with van der Waals surface area (Å²) in [6, 6.07) is 5.32. The Balaban J connectivity index is 1.11. The smallest absolute Gasteiger partial charge is 0.281 e. The van der Waals surface area contributed by atoms with Gasteiger partial charge in [-0.05, 0) is 61.4 Å². The molecule has 3 aromatic rings. The standard InChI is InChI=1S/C28H25ClF3N5O3S/c29-16-7-19(23(24(31)32)33-9-16)25(38)35-18-4-1-15(2-5-18)10-37-22-6-3-17(30)8-20(22)28(27(37)40)12-36(13-28)26(39)21-11-41-14-34-21/h3,6-9,11,14-15,18,24H,1-2,4-5,10,12-13H2,(H,35,38)/t15-,18-. The highest BCUT2D eigenvalue weighted by Crippen LogP contribution is 2.48. The van der Waals surface area contributed by atoms with Gasteiger partial charge in [0, 0.05) is 42.9 Å². The Morgan fingerprint density at radius 2 is 1.90 bits per heavy atom. The number of nitrogens with one attached hydrogen (secondary N) is 1. The molecule has 0 atom stereocenters. The molecular weight excluding hydrogens is 579 g/mol. The van der Waals surface area contributed by atoms with Crippen molar-refractivity contribution in [3.63, 3.8) is 0 Å². The predicted molar refractivity (Wildman–Crippen MR) is 146 cm³/mol. The van der Waals surface area contributed by atoms with E-state index in [2.05, 4.69) is 15.3 Å². The summed E-state index contributed by atoms with van der Waals surface area (Å²) in [5.74, 6) is -1.37. The Morgan fingerprint density at radius 1 is 1.15 bits per heavy atom. The van der Waals surface area contributed by atoms with Crippen molar-refractivity contribution in [3.05, 3.63) is 74.7 Å². The molecule has 2 aliphatic heterocycles. The summed E-state index contributed by atoms with van der Waals surface area (Å²) < 4.78 is 41.0. The van der Waals surface area contributed by atoms with E-state index in [1.165, 1.54) is 29.5 Å². The van der Waals surface area contributed by atoms with Crippen molar-refractivity contribution in [3.8, 4) is 0 Å². The largest absolute Gasteiger partial charge is 0.349 e. The average molecular weight is 604 g/mol. The van der Waals surface area contributed by atoms with Crippen LogP contribution in [0.2, 0.25) is 5.02 Å².